The van der Waals surface area contributed by atoms with Crippen molar-refractivity contribution in [3.8, 4) is 0 Å². The first-order valence-corrected chi connectivity index (χ1v) is 6.68. The number of imidazole rings is 1. The molecule has 1 N–H and O–H groups in total. The van der Waals surface area contributed by atoms with Gasteiger partial charge in [0.05, 0.1) is 0 Å². The molecule has 0 spiro atoms. The topological polar surface area (TPSA) is 29.9 Å². The molecule has 1 unspecified atom stereocenters. The van der Waals surface area contributed by atoms with Crippen LogP contribution in [0.4, 0.5) is 5.69 Å². The van der Waals surface area contributed by atoms with Crippen LogP contribution < -0.4 is 5.32 Å². The number of benzene rings is 2. The predicted molar refractivity (Wildman–Crippen MR) is 81.6 cm³/mol. The van der Waals surface area contributed by atoms with Gasteiger partial charge in [-0.25, -0.2) is 4.98 Å². The van der Waals surface area contributed by atoms with Crippen LogP contribution in [0.25, 0.3) is 0 Å². The molecule has 3 nitrogen and oxygen atoms in total. The minimum Gasteiger partial charge on any atom is -0.372 e. The average molecular weight is 263 g/mol. The Bertz CT molecular complexity index is 659. The lowest BCUT2D eigenvalue weighted by Gasteiger charge is -2.20. The van der Waals surface area contributed by atoms with Gasteiger partial charge in [0, 0.05) is 25.1 Å². The van der Waals surface area contributed by atoms with Crippen LogP contribution in [0.2, 0.25) is 0 Å². The van der Waals surface area contributed by atoms with E-state index in [2.05, 4.69) is 46.7 Å². The molecule has 2 aromatic carbocycles. The van der Waals surface area contributed by atoms with Crippen molar-refractivity contribution >= 4 is 5.69 Å². The molecule has 1 heterocycles. The number of para-hydroxylation sites is 1. The third-order valence-electron chi connectivity index (χ3n) is 3.33. The first kappa shape index (κ1) is 12.5. The monoisotopic (exact) mass is 263 g/mol. The molecule has 0 saturated carbocycles. The smallest absolute Gasteiger partial charge is 0.135 e. The fraction of sp³-hybridized carbons (Fsp3) is 0.118. The summed E-state index contributed by atoms with van der Waals surface area (Å²) in [5.74, 6) is 1.00. The zero-order valence-electron chi connectivity index (χ0n) is 11.4. The largest absolute Gasteiger partial charge is 0.372 e. The minimum absolute atomic E-state index is 0.0404. The second kappa shape index (κ2) is 5.61. The highest BCUT2D eigenvalue weighted by atomic mass is 15.1. The summed E-state index contributed by atoms with van der Waals surface area (Å²) in [6.07, 6.45) is 3.80. The van der Waals surface area contributed by atoms with E-state index in [9.17, 15) is 0 Å². The van der Waals surface area contributed by atoms with Gasteiger partial charge in [-0.1, -0.05) is 48.5 Å². The molecule has 0 bridgehead atoms. The second-order valence-electron chi connectivity index (χ2n) is 4.75. The minimum atomic E-state index is 0.0404. The summed E-state index contributed by atoms with van der Waals surface area (Å²) in [6.45, 7) is 0. The van der Waals surface area contributed by atoms with Crippen LogP contribution in [0.5, 0.6) is 0 Å². The Morgan fingerprint density at radius 3 is 2.20 bits per heavy atom. The van der Waals surface area contributed by atoms with Crippen molar-refractivity contribution in [2.45, 2.75) is 6.04 Å². The van der Waals surface area contributed by atoms with Crippen molar-refractivity contribution in [2.24, 2.45) is 7.05 Å². The van der Waals surface area contributed by atoms with Gasteiger partial charge >= 0.3 is 0 Å². The van der Waals surface area contributed by atoms with Crippen LogP contribution in [0, 0.1) is 0 Å². The molecule has 0 aliphatic carbocycles. The van der Waals surface area contributed by atoms with Crippen molar-refractivity contribution in [3.05, 3.63) is 84.4 Å². The quantitative estimate of drug-likeness (QED) is 0.779. The fourth-order valence-electron chi connectivity index (χ4n) is 2.30. The lowest BCUT2D eigenvalue weighted by molar-refractivity contribution is 0.748. The van der Waals surface area contributed by atoms with E-state index in [1.54, 1.807) is 0 Å². The molecule has 100 valence electrons. The van der Waals surface area contributed by atoms with Gasteiger partial charge in [0.15, 0.2) is 0 Å². The Morgan fingerprint density at radius 2 is 1.60 bits per heavy atom. The summed E-state index contributed by atoms with van der Waals surface area (Å²) in [7, 11) is 2.02. The van der Waals surface area contributed by atoms with E-state index < -0.39 is 0 Å². The maximum Gasteiger partial charge on any atom is 0.135 e. The Balaban J connectivity index is 1.98. The number of rotatable bonds is 4. The van der Waals surface area contributed by atoms with Gasteiger partial charge in [-0.2, -0.15) is 0 Å². The highest BCUT2D eigenvalue weighted by Gasteiger charge is 2.17. The van der Waals surface area contributed by atoms with Gasteiger partial charge in [-0.05, 0) is 17.7 Å². The molecule has 3 rings (SSSR count). The molecule has 1 aromatic heterocycles. The van der Waals surface area contributed by atoms with Crippen LogP contribution >= 0.6 is 0 Å². The zero-order valence-corrected chi connectivity index (χ0v) is 11.4. The molecule has 3 heteroatoms. The van der Waals surface area contributed by atoms with Gasteiger partial charge in [-0.15, -0.1) is 0 Å². The molecule has 3 aromatic rings. The van der Waals surface area contributed by atoms with Crippen LogP contribution in [0.15, 0.2) is 73.1 Å². The third-order valence-corrected chi connectivity index (χ3v) is 3.33. The Morgan fingerprint density at radius 1 is 0.950 bits per heavy atom. The van der Waals surface area contributed by atoms with E-state index in [0.29, 0.717) is 0 Å². The number of nitrogens with one attached hydrogen (secondary N) is 1. The number of hydrogen-bond acceptors (Lipinski definition) is 2. The van der Waals surface area contributed by atoms with Crippen LogP contribution in [0.3, 0.4) is 0 Å². The maximum atomic E-state index is 4.49. The molecular weight excluding hydrogens is 246 g/mol. The van der Waals surface area contributed by atoms with Crippen molar-refractivity contribution in [1.29, 1.82) is 0 Å². The molecule has 0 aliphatic heterocycles. The highest BCUT2D eigenvalue weighted by Crippen LogP contribution is 2.25. The van der Waals surface area contributed by atoms with Crippen LogP contribution in [-0.2, 0) is 7.05 Å². The number of aromatic nitrogens is 2. The number of hydrogen-bond donors (Lipinski definition) is 1. The van der Waals surface area contributed by atoms with Crippen molar-refractivity contribution in [2.75, 3.05) is 5.32 Å². The Hall–Kier alpha value is -2.55. The van der Waals surface area contributed by atoms with E-state index in [1.165, 1.54) is 5.56 Å². The lowest BCUT2D eigenvalue weighted by atomic mass is 10.1. The van der Waals surface area contributed by atoms with Gasteiger partial charge in [0.25, 0.3) is 0 Å². The summed E-state index contributed by atoms with van der Waals surface area (Å²) in [5.41, 5.74) is 2.29. The molecule has 20 heavy (non-hydrogen) atoms. The normalized spacial score (nSPS) is 12.1. The molecule has 0 aliphatic rings. The lowest BCUT2D eigenvalue weighted by Crippen LogP contribution is -2.16. The number of nitrogens with zero attached hydrogens (tertiary/aromatic N) is 2. The first-order chi connectivity index (χ1) is 9.84. The van der Waals surface area contributed by atoms with Crippen LogP contribution in [0.1, 0.15) is 17.4 Å². The number of aryl methyl sites for hydroxylation is 1. The van der Waals surface area contributed by atoms with E-state index in [0.717, 1.165) is 11.5 Å². The molecule has 1 atom stereocenters. The highest BCUT2D eigenvalue weighted by molar-refractivity contribution is 5.47. The predicted octanol–water partition coefficient (Wildman–Crippen LogP) is 3.62. The van der Waals surface area contributed by atoms with E-state index in [1.807, 2.05) is 48.3 Å². The molecule has 0 radical (unpaired) electrons. The van der Waals surface area contributed by atoms with Crippen molar-refractivity contribution in [3.63, 3.8) is 0 Å². The van der Waals surface area contributed by atoms with Gasteiger partial charge in [-0.3, -0.25) is 0 Å². The SMILES string of the molecule is Cn1ccnc1C(Nc1ccccc1)c1ccccc1. The fourth-order valence-corrected chi connectivity index (χ4v) is 2.30. The zero-order chi connectivity index (χ0) is 13.8. The van der Waals surface area contributed by atoms with Gasteiger partial charge < -0.3 is 9.88 Å². The molecule has 0 amide bonds. The van der Waals surface area contributed by atoms with Crippen molar-refractivity contribution < 1.29 is 0 Å². The second-order valence-corrected chi connectivity index (χ2v) is 4.75. The van der Waals surface area contributed by atoms with E-state index in [4.69, 9.17) is 0 Å². The summed E-state index contributed by atoms with van der Waals surface area (Å²) in [5, 5.41) is 3.56. The first-order valence-electron chi connectivity index (χ1n) is 6.68. The maximum absolute atomic E-state index is 4.49. The summed E-state index contributed by atoms with van der Waals surface area (Å²) < 4.78 is 2.05. The molecular formula is C17H17N3. The molecule has 0 saturated heterocycles. The summed E-state index contributed by atoms with van der Waals surface area (Å²) in [6, 6.07) is 20.6. The third kappa shape index (κ3) is 2.57. The van der Waals surface area contributed by atoms with Crippen molar-refractivity contribution in [1.82, 2.24) is 9.55 Å². The van der Waals surface area contributed by atoms with Gasteiger partial charge in [0.1, 0.15) is 11.9 Å². The number of anilines is 1. The summed E-state index contributed by atoms with van der Waals surface area (Å²) >= 11 is 0. The average Bonchev–Trinajstić information content (AvgIpc) is 2.93. The Labute approximate surface area is 118 Å². The van der Waals surface area contributed by atoms with E-state index >= 15 is 0 Å². The van der Waals surface area contributed by atoms with Gasteiger partial charge in [0.2, 0.25) is 0 Å². The van der Waals surface area contributed by atoms with Crippen LogP contribution in [-0.4, -0.2) is 9.55 Å². The Kier molecular flexibility index (Phi) is 3.50. The summed E-state index contributed by atoms with van der Waals surface area (Å²) in [4.78, 5) is 4.49. The molecule has 0 fully saturated rings. The van der Waals surface area contributed by atoms with E-state index in [-0.39, 0.29) is 6.04 Å². The standard InChI is InChI=1S/C17H17N3/c1-20-13-12-18-17(20)16(14-8-4-2-5-9-14)19-15-10-6-3-7-11-15/h2-13,16,19H,1H3.